The van der Waals surface area contributed by atoms with Gasteiger partial charge in [0, 0.05) is 75.9 Å². The Morgan fingerprint density at radius 3 is 2.35 bits per heavy atom. The standard InChI is InChI=1S/C34H40F2N6O4/c1-7-29(43)39-25-16-21(42-13-11-41(8-2)12-14-42)9-10-24(25)38-28-17-22-20(19-37-28)15-23(33(22)40(3)4)34(44)30-31(35)26(45-5)18-27(46-6)32(30)36/h7,9-10,16-19,34,44H,1,8,11-15H2,2-6H3,(H,37,38)(H,39,43). The number of pyridine rings is 1. The molecule has 1 fully saturated rings. The first-order valence-corrected chi connectivity index (χ1v) is 15.1. The summed E-state index contributed by atoms with van der Waals surface area (Å²) in [5.74, 6) is -2.34. The van der Waals surface area contributed by atoms with Crippen LogP contribution in [-0.2, 0) is 11.2 Å². The topological polar surface area (TPSA) is 102 Å². The van der Waals surface area contributed by atoms with Crippen molar-refractivity contribution in [2.24, 2.45) is 0 Å². The number of aromatic nitrogens is 1. The van der Waals surface area contributed by atoms with E-state index in [0.29, 0.717) is 28.5 Å². The predicted molar refractivity (Wildman–Crippen MR) is 176 cm³/mol. The maximum absolute atomic E-state index is 15.4. The molecule has 0 radical (unpaired) electrons. The van der Waals surface area contributed by atoms with Crippen LogP contribution in [0.1, 0.15) is 29.7 Å². The number of nitrogens with one attached hydrogen (secondary N) is 2. The zero-order chi connectivity index (χ0) is 33.1. The molecule has 0 saturated carbocycles. The van der Waals surface area contributed by atoms with Crippen LogP contribution in [0.4, 0.5) is 31.7 Å². The average Bonchev–Trinajstić information content (AvgIpc) is 3.45. The highest BCUT2D eigenvalue weighted by Gasteiger charge is 2.34. The number of rotatable bonds is 11. The summed E-state index contributed by atoms with van der Waals surface area (Å²) in [5, 5.41) is 17.7. The van der Waals surface area contributed by atoms with Gasteiger partial charge in [0.05, 0.1) is 31.2 Å². The molecule has 1 aromatic heterocycles. The molecule has 10 nitrogen and oxygen atoms in total. The van der Waals surface area contributed by atoms with Crippen molar-refractivity contribution < 1.29 is 28.2 Å². The number of halogens is 2. The molecule has 0 spiro atoms. The number of ether oxygens (including phenoxy) is 2. The predicted octanol–water partition coefficient (Wildman–Crippen LogP) is 4.95. The molecule has 2 heterocycles. The van der Waals surface area contributed by atoms with E-state index in [0.717, 1.165) is 55.6 Å². The third kappa shape index (κ3) is 6.35. The Hall–Kier alpha value is -4.68. The van der Waals surface area contributed by atoms with Gasteiger partial charge in [-0.2, -0.15) is 0 Å². The number of piperazine rings is 1. The molecule has 12 heteroatoms. The molecule has 2 aliphatic rings. The minimum absolute atomic E-state index is 0.219. The molecule has 3 aromatic rings. The van der Waals surface area contributed by atoms with Crippen LogP contribution in [0.25, 0.3) is 5.70 Å². The Balaban J connectivity index is 1.49. The van der Waals surface area contributed by atoms with Crippen molar-refractivity contribution in [2.75, 3.05) is 76.6 Å². The molecule has 3 N–H and O–H groups in total. The van der Waals surface area contributed by atoms with Crippen LogP contribution in [0, 0.1) is 11.6 Å². The summed E-state index contributed by atoms with van der Waals surface area (Å²) in [6.45, 7) is 10.4. The molecule has 1 saturated heterocycles. The Morgan fingerprint density at radius 2 is 1.76 bits per heavy atom. The number of hydrogen-bond acceptors (Lipinski definition) is 9. The van der Waals surface area contributed by atoms with E-state index in [9.17, 15) is 9.90 Å². The zero-order valence-corrected chi connectivity index (χ0v) is 26.8. The minimum Gasteiger partial charge on any atom is -0.494 e. The second-order valence-electron chi connectivity index (χ2n) is 11.4. The number of benzene rings is 2. The van der Waals surface area contributed by atoms with Crippen LogP contribution in [-0.4, -0.2) is 86.8 Å². The molecule has 1 unspecified atom stereocenters. The van der Waals surface area contributed by atoms with E-state index in [1.54, 1.807) is 25.2 Å². The van der Waals surface area contributed by atoms with Crippen molar-refractivity contribution in [3.8, 4) is 11.5 Å². The van der Waals surface area contributed by atoms with Crippen molar-refractivity contribution in [3.05, 3.63) is 83.1 Å². The Labute approximate surface area is 267 Å². The van der Waals surface area contributed by atoms with Crippen LogP contribution < -0.4 is 25.0 Å². The molecule has 1 aliphatic heterocycles. The molecule has 244 valence electrons. The van der Waals surface area contributed by atoms with Gasteiger partial charge in [-0.15, -0.1) is 0 Å². The summed E-state index contributed by atoms with van der Waals surface area (Å²) in [7, 11) is 6.12. The van der Waals surface area contributed by atoms with E-state index in [-0.39, 0.29) is 23.8 Å². The van der Waals surface area contributed by atoms with Crippen LogP contribution in [0.2, 0.25) is 0 Å². The van der Waals surface area contributed by atoms with E-state index in [2.05, 4.69) is 38.9 Å². The SMILES string of the molecule is C=CC(=O)Nc1cc(N2CCN(CC)CC2)ccc1Nc1cc2c(cn1)CC(C(O)c1c(F)c(OC)cc(OC)c1F)=C2N(C)C. The summed E-state index contributed by atoms with van der Waals surface area (Å²) < 4.78 is 40.9. The number of aliphatic hydroxyl groups excluding tert-OH is 1. The van der Waals surface area contributed by atoms with Gasteiger partial charge >= 0.3 is 0 Å². The molecule has 1 atom stereocenters. The first kappa shape index (κ1) is 32.7. The maximum atomic E-state index is 15.4. The summed E-state index contributed by atoms with van der Waals surface area (Å²) in [6, 6.07) is 8.77. The fraction of sp³-hybridized carbons (Fsp3) is 0.353. The fourth-order valence-electron chi connectivity index (χ4n) is 6.03. The number of carbonyl (C=O) groups is 1. The molecule has 5 rings (SSSR count). The minimum atomic E-state index is -1.63. The van der Waals surface area contributed by atoms with Gasteiger partial charge in [-0.3, -0.25) is 4.79 Å². The Morgan fingerprint density at radius 1 is 1.09 bits per heavy atom. The number of methoxy groups -OCH3 is 2. The Kier molecular flexibility index (Phi) is 9.78. The second-order valence-corrected chi connectivity index (χ2v) is 11.4. The lowest BCUT2D eigenvalue weighted by Gasteiger charge is -2.35. The maximum Gasteiger partial charge on any atom is 0.247 e. The highest BCUT2D eigenvalue weighted by Crippen LogP contribution is 2.44. The van der Waals surface area contributed by atoms with Crippen molar-refractivity contribution in [3.63, 3.8) is 0 Å². The molecule has 46 heavy (non-hydrogen) atoms. The largest absolute Gasteiger partial charge is 0.494 e. The monoisotopic (exact) mass is 634 g/mol. The number of fused-ring (bicyclic) bond motifs is 1. The molecule has 2 aromatic carbocycles. The number of aliphatic hydroxyl groups is 1. The molecule has 1 amide bonds. The molecule has 0 bridgehead atoms. The lowest BCUT2D eigenvalue weighted by atomic mass is 9.97. The number of nitrogens with zero attached hydrogens (tertiary/aromatic N) is 4. The zero-order valence-electron chi connectivity index (χ0n) is 26.8. The first-order chi connectivity index (χ1) is 22.1. The van der Waals surface area contributed by atoms with Gasteiger partial charge < -0.3 is 39.9 Å². The van der Waals surface area contributed by atoms with E-state index in [4.69, 9.17) is 9.47 Å². The highest BCUT2D eigenvalue weighted by molar-refractivity contribution is 6.02. The average molecular weight is 635 g/mol. The lowest BCUT2D eigenvalue weighted by molar-refractivity contribution is -0.111. The van der Waals surface area contributed by atoms with Crippen LogP contribution in [0.3, 0.4) is 0 Å². The van der Waals surface area contributed by atoms with Gasteiger partial charge in [-0.25, -0.2) is 13.8 Å². The molecular formula is C34H40F2N6O4. The number of anilines is 4. The second kappa shape index (κ2) is 13.8. The summed E-state index contributed by atoms with van der Waals surface area (Å²) in [5.41, 5.74) is 4.17. The normalized spacial score (nSPS) is 15.3. The van der Waals surface area contributed by atoms with E-state index >= 15 is 8.78 Å². The number of likely N-dealkylation sites (N-methyl/N-ethyl adjacent to an activating group) is 1. The third-order valence-electron chi connectivity index (χ3n) is 8.48. The third-order valence-corrected chi connectivity index (χ3v) is 8.48. The van der Waals surface area contributed by atoms with Crippen LogP contribution in [0.5, 0.6) is 11.5 Å². The molecule has 1 aliphatic carbocycles. The highest BCUT2D eigenvalue weighted by atomic mass is 19.1. The van der Waals surface area contributed by atoms with Crippen molar-refractivity contribution >= 4 is 34.5 Å². The number of hydrogen-bond donors (Lipinski definition) is 3. The van der Waals surface area contributed by atoms with Gasteiger partial charge in [0.25, 0.3) is 0 Å². The van der Waals surface area contributed by atoms with Gasteiger partial charge in [0.2, 0.25) is 5.91 Å². The first-order valence-electron chi connectivity index (χ1n) is 15.1. The van der Waals surface area contributed by atoms with E-state index in [1.165, 1.54) is 20.3 Å². The number of carbonyl (C=O) groups excluding carboxylic acids is 1. The van der Waals surface area contributed by atoms with Crippen LogP contribution >= 0.6 is 0 Å². The fourth-order valence-corrected chi connectivity index (χ4v) is 6.03. The van der Waals surface area contributed by atoms with Crippen molar-refractivity contribution in [1.29, 1.82) is 0 Å². The summed E-state index contributed by atoms with van der Waals surface area (Å²) in [4.78, 5) is 23.4. The quantitative estimate of drug-likeness (QED) is 0.253. The summed E-state index contributed by atoms with van der Waals surface area (Å²) >= 11 is 0. The summed E-state index contributed by atoms with van der Waals surface area (Å²) in [6.07, 6.45) is 1.48. The van der Waals surface area contributed by atoms with Gasteiger partial charge in [-0.05, 0) is 48.0 Å². The Bertz CT molecular complexity index is 1640. The smallest absolute Gasteiger partial charge is 0.247 e. The lowest BCUT2D eigenvalue weighted by Crippen LogP contribution is -2.46. The van der Waals surface area contributed by atoms with Crippen LogP contribution in [0.15, 0.2) is 54.8 Å². The van der Waals surface area contributed by atoms with Gasteiger partial charge in [0.15, 0.2) is 23.1 Å². The van der Waals surface area contributed by atoms with Crippen molar-refractivity contribution in [1.82, 2.24) is 14.8 Å². The van der Waals surface area contributed by atoms with E-state index < -0.39 is 23.3 Å². The molecular weight excluding hydrogens is 594 g/mol. The number of amides is 1. The van der Waals surface area contributed by atoms with Gasteiger partial charge in [-0.1, -0.05) is 13.5 Å². The van der Waals surface area contributed by atoms with E-state index in [1.807, 2.05) is 24.3 Å². The van der Waals surface area contributed by atoms with Gasteiger partial charge in [0.1, 0.15) is 11.9 Å². The van der Waals surface area contributed by atoms with Crippen molar-refractivity contribution in [2.45, 2.75) is 19.4 Å².